The van der Waals surface area contributed by atoms with Crippen LogP contribution in [0, 0.1) is 0 Å². The Balaban J connectivity index is 1.98. The zero-order valence-corrected chi connectivity index (χ0v) is 17.3. The Morgan fingerprint density at radius 1 is 0.889 bits per heavy atom. The van der Waals surface area contributed by atoms with Crippen molar-refractivity contribution in [1.82, 2.24) is 19.9 Å². The van der Waals surface area contributed by atoms with Gasteiger partial charge in [-0.3, -0.25) is 0 Å². The predicted molar refractivity (Wildman–Crippen MR) is 109 cm³/mol. The molecule has 0 atom stereocenters. The predicted octanol–water partition coefficient (Wildman–Crippen LogP) is 3.97. The van der Waals surface area contributed by atoms with Gasteiger partial charge in [0.05, 0.1) is 28.6 Å². The van der Waals surface area contributed by atoms with Gasteiger partial charge in [0.1, 0.15) is 17.7 Å². The van der Waals surface area contributed by atoms with Crippen molar-refractivity contribution < 1.29 is 0 Å². The first kappa shape index (κ1) is 20.2. The van der Waals surface area contributed by atoms with E-state index in [2.05, 4.69) is 24.8 Å². The highest BCUT2D eigenvalue weighted by molar-refractivity contribution is 6.33. The van der Waals surface area contributed by atoms with Crippen molar-refractivity contribution in [3.63, 3.8) is 0 Å². The number of nitrogens with two attached hydrogens (primary N) is 1. The highest BCUT2D eigenvalue weighted by Gasteiger charge is 2.28. The molecular formula is C19H26Cl2N6. The molecule has 0 aliphatic heterocycles. The first-order valence-electron chi connectivity index (χ1n) is 9.54. The van der Waals surface area contributed by atoms with Crippen molar-refractivity contribution in [2.45, 2.75) is 71.0 Å². The standard InChI is InChI=1S/C19H26Cl2N6/c1-3-14-17(20)16(25-10-23-14)9-27(13-7-5-12(22)6-8-13)19-18(21)15(4-2)24-11-26-19/h10-13H,3-9,22H2,1-2H3. The van der Waals surface area contributed by atoms with Gasteiger partial charge in [0.25, 0.3) is 0 Å². The molecule has 8 heteroatoms. The SMILES string of the molecule is CCc1ncnc(CN(c2ncnc(CC)c2Cl)C2CCC(N)CC2)c1Cl. The smallest absolute Gasteiger partial charge is 0.151 e. The van der Waals surface area contributed by atoms with E-state index in [1.807, 2.05) is 13.8 Å². The molecule has 2 heterocycles. The van der Waals surface area contributed by atoms with Crippen LogP contribution in [-0.2, 0) is 19.4 Å². The highest BCUT2D eigenvalue weighted by atomic mass is 35.5. The van der Waals surface area contributed by atoms with Crippen molar-refractivity contribution in [2.24, 2.45) is 5.73 Å². The fraction of sp³-hybridized carbons (Fsp3) is 0.579. The lowest BCUT2D eigenvalue weighted by molar-refractivity contribution is 0.372. The summed E-state index contributed by atoms with van der Waals surface area (Å²) >= 11 is 13.2. The molecule has 0 radical (unpaired) electrons. The van der Waals surface area contributed by atoms with Gasteiger partial charge in [-0.05, 0) is 38.5 Å². The van der Waals surface area contributed by atoms with Crippen LogP contribution in [0.2, 0.25) is 10.0 Å². The molecule has 3 rings (SSSR count). The second-order valence-corrected chi connectivity index (χ2v) is 7.70. The monoisotopic (exact) mass is 408 g/mol. The van der Waals surface area contributed by atoms with Crippen LogP contribution < -0.4 is 10.6 Å². The van der Waals surface area contributed by atoms with E-state index in [4.69, 9.17) is 28.9 Å². The average Bonchev–Trinajstić information content (AvgIpc) is 2.68. The number of rotatable bonds is 6. The molecule has 0 bridgehead atoms. The molecule has 1 aliphatic rings. The first-order valence-corrected chi connectivity index (χ1v) is 10.3. The zero-order chi connectivity index (χ0) is 19.4. The van der Waals surface area contributed by atoms with Crippen LogP contribution in [-0.4, -0.2) is 32.0 Å². The van der Waals surface area contributed by atoms with Gasteiger partial charge in [-0.2, -0.15) is 0 Å². The Kier molecular flexibility index (Phi) is 6.84. The topological polar surface area (TPSA) is 80.8 Å². The maximum atomic E-state index is 6.66. The van der Waals surface area contributed by atoms with E-state index in [9.17, 15) is 0 Å². The summed E-state index contributed by atoms with van der Waals surface area (Å²) in [5.74, 6) is 0.747. The maximum Gasteiger partial charge on any atom is 0.151 e. The van der Waals surface area contributed by atoms with E-state index in [-0.39, 0.29) is 12.1 Å². The molecule has 0 aromatic carbocycles. The van der Waals surface area contributed by atoms with E-state index < -0.39 is 0 Å². The van der Waals surface area contributed by atoms with Gasteiger partial charge in [0, 0.05) is 12.1 Å². The molecule has 27 heavy (non-hydrogen) atoms. The third-order valence-corrected chi connectivity index (χ3v) is 6.04. The molecule has 2 aromatic heterocycles. The number of hydrogen-bond donors (Lipinski definition) is 1. The molecule has 1 saturated carbocycles. The Morgan fingerprint density at radius 2 is 1.44 bits per heavy atom. The molecule has 2 aromatic rings. The highest BCUT2D eigenvalue weighted by Crippen LogP contribution is 2.34. The summed E-state index contributed by atoms with van der Waals surface area (Å²) in [6.07, 6.45) is 8.64. The van der Waals surface area contributed by atoms with Crippen LogP contribution >= 0.6 is 23.2 Å². The Hall–Kier alpha value is -1.50. The molecule has 146 valence electrons. The number of anilines is 1. The van der Waals surface area contributed by atoms with Crippen LogP contribution in [0.1, 0.15) is 56.6 Å². The normalized spacial score (nSPS) is 19.9. The molecule has 2 N–H and O–H groups in total. The second-order valence-electron chi connectivity index (χ2n) is 6.94. The lowest BCUT2D eigenvalue weighted by Gasteiger charge is -2.37. The third-order valence-electron chi connectivity index (χ3n) is 5.22. The van der Waals surface area contributed by atoms with Crippen molar-refractivity contribution in [1.29, 1.82) is 0 Å². The van der Waals surface area contributed by atoms with E-state index in [1.165, 1.54) is 0 Å². The summed E-state index contributed by atoms with van der Waals surface area (Å²) in [5.41, 5.74) is 8.62. The minimum absolute atomic E-state index is 0.268. The van der Waals surface area contributed by atoms with Crippen LogP contribution in [0.25, 0.3) is 0 Å². The van der Waals surface area contributed by atoms with Crippen molar-refractivity contribution >= 4 is 29.0 Å². The average molecular weight is 409 g/mol. The fourth-order valence-corrected chi connectivity index (χ4v) is 4.23. The molecule has 6 nitrogen and oxygen atoms in total. The van der Waals surface area contributed by atoms with E-state index >= 15 is 0 Å². The van der Waals surface area contributed by atoms with Gasteiger partial charge in [0.15, 0.2) is 5.82 Å². The summed E-state index contributed by atoms with van der Waals surface area (Å²) in [6.45, 7) is 4.61. The lowest BCUT2D eigenvalue weighted by Crippen LogP contribution is -2.41. The molecule has 1 aliphatic carbocycles. The largest absolute Gasteiger partial charge is 0.346 e. The summed E-state index contributed by atoms with van der Waals surface area (Å²) in [4.78, 5) is 19.8. The number of aryl methyl sites for hydroxylation is 2. The van der Waals surface area contributed by atoms with Gasteiger partial charge in [-0.15, -0.1) is 0 Å². The number of aromatic nitrogens is 4. The Morgan fingerprint density at radius 3 is 2.07 bits per heavy atom. The van der Waals surface area contributed by atoms with E-state index in [1.54, 1.807) is 12.7 Å². The van der Waals surface area contributed by atoms with Crippen molar-refractivity contribution in [3.8, 4) is 0 Å². The van der Waals surface area contributed by atoms with Gasteiger partial charge < -0.3 is 10.6 Å². The number of nitrogens with zero attached hydrogens (tertiary/aromatic N) is 5. The Labute approximate surface area is 170 Å². The maximum absolute atomic E-state index is 6.66. The molecular weight excluding hydrogens is 383 g/mol. The van der Waals surface area contributed by atoms with Crippen LogP contribution in [0.4, 0.5) is 5.82 Å². The summed E-state index contributed by atoms with van der Waals surface area (Å²) in [7, 11) is 0. The lowest BCUT2D eigenvalue weighted by atomic mass is 9.90. The second kappa shape index (κ2) is 9.13. The minimum atomic E-state index is 0.268. The van der Waals surface area contributed by atoms with Gasteiger partial charge in [-0.25, -0.2) is 19.9 Å². The first-order chi connectivity index (χ1) is 13.0. The number of halogens is 2. The molecule has 1 fully saturated rings. The van der Waals surface area contributed by atoms with Crippen LogP contribution in [0.5, 0.6) is 0 Å². The summed E-state index contributed by atoms with van der Waals surface area (Å²) < 4.78 is 0. The van der Waals surface area contributed by atoms with Crippen molar-refractivity contribution in [3.05, 3.63) is 39.8 Å². The van der Waals surface area contributed by atoms with E-state index in [0.29, 0.717) is 16.6 Å². The molecule has 0 amide bonds. The minimum Gasteiger partial charge on any atom is -0.346 e. The number of hydrogen-bond acceptors (Lipinski definition) is 6. The van der Waals surface area contributed by atoms with E-state index in [0.717, 1.165) is 61.4 Å². The van der Waals surface area contributed by atoms with Crippen molar-refractivity contribution in [2.75, 3.05) is 4.90 Å². The third kappa shape index (κ3) is 4.50. The molecule has 0 unspecified atom stereocenters. The van der Waals surface area contributed by atoms with Crippen LogP contribution in [0.15, 0.2) is 12.7 Å². The molecule has 0 saturated heterocycles. The van der Waals surface area contributed by atoms with Gasteiger partial charge in [-0.1, -0.05) is 37.0 Å². The molecule has 0 spiro atoms. The zero-order valence-electron chi connectivity index (χ0n) is 15.8. The summed E-state index contributed by atoms with van der Waals surface area (Å²) in [5, 5.41) is 1.23. The fourth-order valence-electron chi connectivity index (χ4n) is 3.60. The van der Waals surface area contributed by atoms with Gasteiger partial charge >= 0.3 is 0 Å². The van der Waals surface area contributed by atoms with Crippen LogP contribution in [0.3, 0.4) is 0 Å². The summed E-state index contributed by atoms with van der Waals surface area (Å²) in [6, 6.07) is 0.558. The quantitative estimate of drug-likeness (QED) is 0.778. The van der Waals surface area contributed by atoms with Gasteiger partial charge in [0.2, 0.25) is 0 Å². The Bertz CT molecular complexity index is 777.